The Morgan fingerprint density at radius 2 is 1.94 bits per heavy atom. The van der Waals surface area contributed by atoms with E-state index in [4.69, 9.17) is 0 Å². The topological polar surface area (TPSA) is 69.7 Å². The number of rotatable bonds is 7. The summed E-state index contributed by atoms with van der Waals surface area (Å²) in [5.41, 5.74) is 0. The molecule has 0 saturated heterocycles. The average Bonchev–Trinajstić information content (AvgIpc) is 2.27. The first-order valence-corrected chi connectivity index (χ1v) is 5.06. The summed E-state index contributed by atoms with van der Waals surface area (Å²) < 4.78 is 8.92. The lowest BCUT2D eigenvalue weighted by Gasteiger charge is -1.97. The number of methoxy groups -OCH3 is 1. The van der Waals surface area contributed by atoms with E-state index in [1.165, 1.54) is 13.2 Å². The van der Waals surface area contributed by atoms with Gasteiger partial charge in [0, 0.05) is 12.5 Å². The van der Waals surface area contributed by atoms with Gasteiger partial charge in [-0.25, -0.2) is 9.59 Å². The highest BCUT2D eigenvalue weighted by atomic mass is 16.5. The van der Waals surface area contributed by atoms with E-state index in [0.717, 1.165) is 0 Å². The molecule has 0 rings (SSSR count). The highest BCUT2D eigenvalue weighted by Gasteiger charge is 2.11. The first-order chi connectivity index (χ1) is 7.61. The highest BCUT2D eigenvalue weighted by molar-refractivity contribution is 6.33. The molecule has 0 spiro atoms. The van der Waals surface area contributed by atoms with Crippen LogP contribution in [0.25, 0.3) is 0 Å². The van der Waals surface area contributed by atoms with Gasteiger partial charge in [-0.1, -0.05) is 6.08 Å². The fourth-order valence-electron chi connectivity index (χ4n) is 0.966. The maximum Gasteiger partial charge on any atom is 0.374 e. The van der Waals surface area contributed by atoms with Crippen molar-refractivity contribution in [1.29, 1.82) is 0 Å². The van der Waals surface area contributed by atoms with Crippen LogP contribution in [0.1, 0.15) is 26.2 Å². The maximum absolute atomic E-state index is 11.0. The second-order valence-electron chi connectivity index (χ2n) is 2.96. The third-order valence-electron chi connectivity index (χ3n) is 1.73. The lowest BCUT2D eigenvalue weighted by molar-refractivity contribution is -0.151. The number of ether oxygens (including phenoxy) is 2. The molecule has 0 aliphatic rings. The van der Waals surface area contributed by atoms with Crippen molar-refractivity contribution in [3.63, 3.8) is 0 Å². The number of ketones is 1. The number of Topliss-reactive ketones (excluding diaryl/α,β-unsaturated/α-hetero) is 1. The summed E-state index contributed by atoms with van der Waals surface area (Å²) in [6, 6.07) is 0. The van der Waals surface area contributed by atoms with Crippen molar-refractivity contribution >= 4 is 17.7 Å². The summed E-state index contributed by atoms with van der Waals surface area (Å²) in [4.78, 5) is 32.5. The van der Waals surface area contributed by atoms with Gasteiger partial charge >= 0.3 is 11.9 Å². The second kappa shape index (κ2) is 8.64. The predicted molar refractivity (Wildman–Crippen MR) is 56.6 cm³/mol. The van der Waals surface area contributed by atoms with Crippen molar-refractivity contribution in [2.75, 3.05) is 13.7 Å². The van der Waals surface area contributed by atoms with Gasteiger partial charge in [-0.2, -0.15) is 0 Å². The third kappa shape index (κ3) is 6.75. The van der Waals surface area contributed by atoms with Gasteiger partial charge in [-0.3, -0.25) is 4.79 Å². The van der Waals surface area contributed by atoms with Gasteiger partial charge in [-0.15, -0.1) is 0 Å². The molecule has 0 radical (unpaired) electrons. The molecule has 0 aliphatic heterocycles. The van der Waals surface area contributed by atoms with E-state index < -0.39 is 17.7 Å². The Hall–Kier alpha value is -1.65. The minimum atomic E-state index is -0.825. The molecule has 0 aliphatic carbocycles. The molecule has 0 heterocycles. The maximum atomic E-state index is 11.0. The average molecular weight is 228 g/mol. The molecule has 16 heavy (non-hydrogen) atoms. The lowest BCUT2D eigenvalue weighted by atomic mass is 10.2. The third-order valence-corrected chi connectivity index (χ3v) is 1.73. The quantitative estimate of drug-likeness (QED) is 0.281. The van der Waals surface area contributed by atoms with Crippen molar-refractivity contribution in [2.24, 2.45) is 0 Å². The van der Waals surface area contributed by atoms with Crippen LogP contribution >= 0.6 is 0 Å². The molecule has 0 fully saturated rings. The van der Waals surface area contributed by atoms with Gasteiger partial charge in [0.05, 0.1) is 13.7 Å². The molecule has 5 nitrogen and oxygen atoms in total. The SMILES string of the molecule is CCOC(=O)/C=C/CCCC(=O)C(=O)OC. The van der Waals surface area contributed by atoms with Crippen molar-refractivity contribution in [3.8, 4) is 0 Å². The van der Waals surface area contributed by atoms with Crippen LogP contribution in [-0.4, -0.2) is 31.4 Å². The Bertz CT molecular complexity index is 280. The summed E-state index contributed by atoms with van der Waals surface area (Å²) in [7, 11) is 1.17. The minimum Gasteiger partial charge on any atom is -0.463 e. The number of carbonyl (C=O) groups is 3. The molecule has 0 unspecified atom stereocenters. The van der Waals surface area contributed by atoms with Gasteiger partial charge < -0.3 is 9.47 Å². The van der Waals surface area contributed by atoms with E-state index in [1.807, 2.05) is 0 Å². The van der Waals surface area contributed by atoms with Gasteiger partial charge in [0.15, 0.2) is 0 Å². The Labute approximate surface area is 94.4 Å². The first kappa shape index (κ1) is 14.3. The Kier molecular flexibility index (Phi) is 7.75. The van der Waals surface area contributed by atoms with Crippen LogP contribution in [0.15, 0.2) is 12.2 Å². The molecular formula is C11H16O5. The van der Waals surface area contributed by atoms with E-state index in [0.29, 0.717) is 19.4 Å². The Morgan fingerprint density at radius 1 is 1.25 bits per heavy atom. The molecule has 0 aromatic heterocycles. The van der Waals surface area contributed by atoms with Crippen LogP contribution in [0, 0.1) is 0 Å². The first-order valence-electron chi connectivity index (χ1n) is 5.06. The summed E-state index contributed by atoms with van der Waals surface area (Å²) in [6.07, 6.45) is 4.10. The van der Waals surface area contributed by atoms with Crippen LogP contribution in [-0.2, 0) is 23.9 Å². The minimum absolute atomic E-state index is 0.125. The molecule has 0 aromatic carbocycles. The van der Waals surface area contributed by atoms with Crippen LogP contribution in [0.2, 0.25) is 0 Å². The fraction of sp³-hybridized carbons (Fsp3) is 0.545. The molecule has 0 N–H and O–H groups in total. The summed E-state index contributed by atoms with van der Waals surface area (Å²) in [5.74, 6) is -1.77. The fourth-order valence-corrected chi connectivity index (χ4v) is 0.966. The molecule has 0 amide bonds. The second-order valence-corrected chi connectivity index (χ2v) is 2.96. The number of allylic oxidation sites excluding steroid dienone is 1. The molecule has 0 aromatic rings. The zero-order valence-corrected chi connectivity index (χ0v) is 9.52. The van der Waals surface area contributed by atoms with Crippen molar-refractivity contribution < 1.29 is 23.9 Å². The van der Waals surface area contributed by atoms with E-state index in [2.05, 4.69) is 9.47 Å². The number of hydrogen-bond donors (Lipinski definition) is 0. The van der Waals surface area contributed by atoms with Gasteiger partial charge in [0.2, 0.25) is 5.78 Å². The summed E-state index contributed by atoms with van der Waals surface area (Å²) in [6.45, 7) is 2.06. The summed E-state index contributed by atoms with van der Waals surface area (Å²) in [5, 5.41) is 0. The number of hydrogen-bond acceptors (Lipinski definition) is 5. The van der Waals surface area contributed by atoms with Crippen molar-refractivity contribution in [2.45, 2.75) is 26.2 Å². The zero-order chi connectivity index (χ0) is 12.4. The van der Waals surface area contributed by atoms with Gasteiger partial charge in [0.1, 0.15) is 0 Å². The van der Waals surface area contributed by atoms with Crippen LogP contribution in [0.5, 0.6) is 0 Å². The number of esters is 2. The molecule has 0 saturated carbocycles. The van der Waals surface area contributed by atoms with Crippen molar-refractivity contribution in [3.05, 3.63) is 12.2 Å². The molecule has 90 valence electrons. The van der Waals surface area contributed by atoms with E-state index in [1.54, 1.807) is 13.0 Å². The lowest BCUT2D eigenvalue weighted by Crippen LogP contribution is -2.14. The van der Waals surface area contributed by atoms with E-state index >= 15 is 0 Å². The van der Waals surface area contributed by atoms with Crippen LogP contribution in [0.3, 0.4) is 0 Å². The van der Waals surface area contributed by atoms with Gasteiger partial charge in [0.25, 0.3) is 0 Å². The Morgan fingerprint density at radius 3 is 2.50 bits per heavy atom. The zero-order valence-electron chi connectivity index (χ0n) is 9.52. The number of carbonyl (C=O) groups excluding carboxylic acids is 3. The molecule has 0 bridgehead atoms. The van der Waals surface area contributed by atoms with E-state index in [9.17, 15) is 14.4 Å². The van der Waals surface area contributed by atoms with Gasteiger partial charge in [-0.05, 0) is 19.8 Å². The Balaban J connectivity index is 3.64. The van der Waals surface area contributed by atoms with Crippen molar-refractivity contribution in [1.82, 2.24) is 0 Å². The number of unbranched alkanes of at least 4 members (excludes halogenated alkanes) is 1. The van der Waals surface area contributed by atoms with Crippen LogP contribution < -0.4 is 0 Å². The van der Waals surface area contributed by atoms with E-state index in [-0.39, 0.29) is 6.42 Å². The standard InChI is InChI=1S/C11H16O5/c1-3-16-10(13)8-6-4-5-7-9(12)11(14)15-2/h6,8H,3-5,7H2,1-2H3/b8-6+. The highest BCUT2D eigenvalue weighted by Crippen LogP contribution is 1.99. The largest absolute Gasteiger partial charge is 0.463 e. The molecular weight excluding hydrogens is 212 g/mol. The normalized spacial score (nSPS) is 10.1. The predicted octanol–water partition coefficient (Wildman–Crippen LogP) is 1.02. The summed E-state index contributed by atoms with van der Waals surface area (Å²) >= 11 is 0. The smallest absolute Gasteiger partial charge is 0.374 e. The monoisotopic (exact) mass is 228 g/mol. The van der Waals surface area contributed by atoms with Crippen LogP contribution in [0.4, 0.5) is 0 Å². The molecule has 5 heteroatoms. The molecule has 0 atom stereocenters.